The summed E-state index contributed by atoms with van der Waals surface area (Å²) in [6.45, 7) is 6.26. The first-order chi connectivity index (χ1) is 28.7. The van der Waals surface area contributed by atoms with Gasteiger partial charge in [-0.15, -0.1) is 0 Å². The van der Waals surface area contributed by atoms with Crippen molar-refractivity contribution in [2.45, 2.75) is 57.4 Å². The Labute approximate surface area is 349 Å². The fourth-order valence-electron chi connectivity index (χ4n) is 7.90. The van der Waals surface area contributed by atoms with E-state index in [1.54, 1.807) is 55.5 Å². The van der Waals surface area contributed by atoms with Crippen LogP contribution >= 0.6 is 0 Å². The monoisotopic (exact) mass is 844 g/mol. The lowest BCUT2D eigenvalue weighted by atomic mass is 9.90. The summed E-state index contributed by atoms with van der Waals surface area (Å²) in [6, 6.07) is 15.4. The molecule has 0 saturated carbocycles. The smallest absolute Gasteiger partial charge is 0.264 e. The van der Waals surface area contributed by atoms with Gasteiger partial charge in [0.1, 0.15) is 9.84 Å². The molecule has 1 unspecified atom stereocenters. The summed E-state index contributed by atoms with van der Waals surface area (Å²) in [4.78, 5) is 82.9. The number of nitrogens with zero attached hydrogens (tertiary/aromatic N) is 3. The highest BCUT2D eigenvalue weighted by Crippen LogP contribution is 2.39. The molecule has 60 heavy (non-hydrogen) atoms. The number of imide groups is 2. The molecule has 3 aliphatic rings. The highest BCUT2D eigenvalue weighted by atomic mass is 32.2. The van der Waals surface area contributed by atoms with Crippen LogP contribution in [0.4, 0.5) is 11.4 Å². The molecule has 17 heteroatoms. The molecule has 2 fully saturated rings. The second kappa shape index (κ2) is 19.6. The van der Waals surface area contributed by atoms with Crippen molar-refractivity contribution in [3.63, 3.8) is 0 Å². The van der Waals surface area contributed by atoms with E-state index in [1.807, 2.05) is 6.07 Å². The molecular weight excluding hydrogens is 793 g/mol. The SMILES string of the molecule is CCOc1cc([C@@H](CS(C)(=O)=O)N2C(=O)c3cccc(NC(=O)CCCCCN4CCN(CC(=O)Nc5cccc(C6CCC(=O)NC6=O)c5)CC4)c3C2=O)ccc1OC. The molecular formula is C43H52N6O10S. The van der Waals surface area contributed by atoms with Crippen LogP contribution in [0.25, 0.3) is 0 Å². The zero-order valence-electron chi connectivity index (χ0n) is 34.2. The first-order valence-corrected chi connectivity index (χ1v) is 22.3. The average Bonchev–Trinajstić information content (AvgIpc) is 3.46. The fourth-order valence-corrected chi connectivity index (χ4v) is 8.81. The van der Waals surface area contributed by atoms with Gasteiger partial charge < -0.3 is 25.0 Å². The predicted octanol–water partition coefficient (Wildman–Crippen LogP) is 3.75. The van der Waals surface area contributed by atoms with E-state index in [2.05, 4.69) is 25.8 Å². The molecule has 6 amide bonds. The Bertz CT molecular complexity index is 2240. The number of rotatable bonds is 18. The number of benzene rings is 3. The maximum atomic E-state index is 14.0. The maximum absolute atomic E-state index is 14.0. The number of fused-ring (bicyclic) bond motifs is 1. The first-order valence-electron chi connectivity index (χ1n) is 20.2. The van der Waals surface area contributed by atoms with Gasteiger partial charge >= 0.3 is 0 Å². The fraction of sp³-hybridized carbons (Fsp3) is 0.442. The van der Waals surface area contributed by atoms with E-state index in [1.165, 1.54) is 13.2 Å². The van der Waals surface area contributed by atoms with E-state index in [9.17, 15) is 37.2 Å². The molecule has 0 aliphatic carbocycles. The van der Waals surface area contributed by atoms with Crippen molar-refractivity contribution in [3.8, 4) is 11.5 Å². The second-order valence-corrected chi connectivity index (χ2v) is 17.5. The van der Waals surface area contributed by atoms with E-state index in [4.69, 9.17) is 9.47 Å². The number of anilines is 2. The van der Waals surface area contributed by atoms with E-state index < -0.39 is 39.4 Å². The molecule has 2 saturated heterocycles. The van der Waals surface area contributed by atoms with E-state index in [0.717, 1.165) is 62.3 Å². The number of ether oxygens (including phenoxy) is 2. The van der Waals surface area contributed by atoms with E-state index in [0.29, 0.717) is 42.2 Å². The van der Waals surface area contributed by atoms with Gasteiger partial charge in [-0.25, -0.2) is 8.42 Å². The van der Waals surface area contributed by atoms with Crippen molar-refractivity contribution >= 4 is 56.7 Å². The Morgan fingerprint density at radius 2 is 1.62 bits per heavy atom. The lowest BCUT2D eigenvalue weighted by molar-refractivity contribution is -0.134. The summed E-state index contributed by atoms with van der Waals surface area (Å²) >= 11 is 0. The number of carbonyl (C=O) groups is 6. The first kappa shape index (κ1) is 43.9. The number of unbranched alkanes of at least 4 members (excludes halogenated alkanes) is 2. The number of hydrogen-bond acceptors (Lipinski definition) is 12. The van der Waals surface area contributed by atoms with Crippen molar-refractivity contribution < 1.29 is 46.7 Å². The summed E-state index contributed by atoms with van der Waals surface area (Å²) in [7, 11) is -2.21. The molecule has 3 aromatic rings. The third kappa shape index (κ3) is 10.9. The largest absolute Gasteiger partial charge is 0.493 e. The Kier molecular flexibility index (Phi) is 14.4. The van der Waals surface area contributed by atoms with Gasteiger partial charge in [-0.05, 0) is 80.3 Å². The molecule has 0 spiro atoms. The third-order valence-corrected chi connectivity index (χ3v) is 11.8. The Morgan fingerprint density at radius 3 is 2.33 bits per heavy atom. The summed E-state index contributed by atoms with van der Waals surface area (Å²) in [5.41, 5.74) is 2.02. The third-order valence-electron chi connectivity index (χ3n) is 10.9. The minimum Gasteiger partial charge on any atom is -0.493 e. The highest BCUT2D eigenvalue weighted by molar-refractivity contribution is 7.90. The summed E-state index contributed by atoms with van der Waals surface area (Å²) in [5.74, 6) is -2.58. The molecule has 16 nitrogen and oxygen atoms in total. The minimum absolute atomic E-state index is 0.0171. The molecule has 0 radical (unpaired) electrons. The van der Waals surface area contributed by atoms with Gasteiger partial charge in [0.15, 0.2) is 11.5 Å². The van der Waals surface area contributed by atoms with Crippen LogP contribution < -0.4 is 25.4 Å². The maximum Gasteiger partial charge on any atom is 0.264 e. The normalized spacial score (nSPS) is 17.9. The second-order valence-electron chi connectivity index (χ2n) is 15.3. The summed E-state index contributed by atoms with van der Waals surface area (Å²) in [5, 5.41) is 8.12. The van der Waals surface area contributed by atoms with Crippen LogP contribution in [0.5, 0.6) is 11.5 Å². The van der Waals surface area contributed by atoms with Crippen LogP contribution in [0.2, 0.25) is 0 Å². The molecule has 2 atom stereocenters. The van der Waals surface area contributed by atoms with Gasteiger partial charge in [0.25, 0.3) is 11.8 Å². The van der Waals surface area contributed by atoms with Crippen LogP contribution in [0, 0.1) is 0 Å². The van der Waals surface area contributed by atoms with Crippen molar-refractivity contribution in [3.05, 3.63) is 82.9 Å². The van der Waals surface area contributed by atoms with Gasteiger partial charge in [-0.2, -0.15) is 0 Å². The molecule has 3 aromatic carbocycles. The standard InChI is InChI=1S/C43H52N6O10S/c1-4-59-36-25-29(15-17-35(36)58-2)34(27-60(3,56)57)49-42(54)32-12-9-13-33(40(32)43(49)55)45-37(50)14-6-5-7-19-47-20-22-48(23-21-47)26-39(52)44-30-11-8-10-28(24-30)31-16-18-38(51)46-41(31)53/h8-13,15,17,24-25,31,34H,4-7,14,16,18-23,26-27H2,1-3H3,(H,44,52)(H,45,50)(H,46,51,53)/t31?,34-/m1/s1. The molecule has 6 rings (SSSR count). The van der Waals surface area contributed by atoms with Crippen LogP contribution in [-0.2, 0) is 29.0 Å². The Hall–Kier alpha value is -5.65. The number of hydrogen-bond donors (Lipinski definition) is 3. The number of carbonyl (C=O) groups excluding carboxylic acids is 6. The zero-order valence-corrected chi connectivity index (χ0v) is 35.0. The number of piperidine rings is 1. The predicted molar refractivity (Wildman–Crippen MR) is 224 cm³/mol. The number of sulfone groups is 1. The average molecular weight is 845 g/mol. The molecule has 320 valence electrons. The lowest BCUT2D eigenvalue weighted by Gasteiger charge is -2.34. The van der Waals surface area contributed by atoms with Crippen LogP contribution in [0.15, 0.2) is 60.7 Å². The molecule has 0 aromatic heterocycles. The molecule has 0 bridgehead atoms. The van der Waals surface area contributed by atoms with Crippen molar-refractivity contribution in [1.29, 1.82) is 0 Å². The lowest BCUT2D eigenvalue weighted by Crippen LogP contribution is -2.48. The van der Waals surface area contributed by atoms with Crippen LogP contribution in [-0.4, -0.2) is 124 Å². The van der Waals surface area contributed by atoms with Gasteiger partial charge in [-0.1, -0.05) is 30.7 Å². The Balaban J connectivity index is 0.945. The quantitative estimate of drug-likeness (QED) is 0.124. The molecule has 3 aliphatic heterocycles. The van der Waals surface area contributed by atoms with E-state index in [-0.39, 0.29) is 59.8 Å². The van der Waals surface area contributed by atoms with E-state index >= 15 is 0 Å². The minimum atomic E-state index is -3.68. The number of piperazine rings is 1. The van der Waals surface area contributed by atoms with Crippen molar-refractivity contribution in [1.82, 2.24) is 20.0 Å². The van der Waals surface area contributed by atoms with Crippen molar-refractivity contribution in [2.24, 2.45) is 0 Å². The highest BCUT2D eigenvalue weighted by Gasteiger charge is 2.43. The van der Waals surface area contributed by atoms with Gasteiger partial charge in [0.2, 0.25) is 23.6 Å². The topological polar surface area (TPSA) is 201 Å². The van der Waals surface area contributed by atoms with Crippen molar-refractivity contribution in [2.75, 3.05) is 75.6 Å². The number of nitrogens with one attached hydrogen (secondary N) is 3. The number of methoxy groups -OCH3 is 1. The molecule has 3 heterocycles. The zero-order chi connectivity index (χ0) is 43.0. The van der Waals surface area contributed by atoms with Crippen LogP contribution in [0.3, 0.4) is 0 Å². The molecule has 3 N–H and O–H groups in total. The summed E-state index contributed by atoms with van der Waals surface area (Å²) < 4.78 is 36.2. The van der Waals surface area contributed by atoms with Gasteiger partial charge in [0, 0.05) is 51.0 Å². The van der Waals surface area contributed by atoms with Gasteiger partial charge in [-0.3, -0.25) is 43.9 Å². The Morgan fingerprint density at radius 1 is 0.867 bits per heavy atom. The number of amides is 6. The van der Waals surface area contributed by atoms with Gasteiger partial charge in [0.05, 0.1) is 54.8 Å². The summed E-state index contributed by atoms with van der Waals surface area (Å²) in [6.07, 6.45) is 4.25. The van der Waals surface area contributed by atoms with Crippen LogP contribution in [0.1, 0.15) is 89.3 Å².